The fourth-order valence-corrected chi connectivity index (χ4v) is 2.97. The summed E-state index contributed by atoms with van der Waals surface area (Å²) >= 11 is 0. The van der Waals surface area contributed by atoms with Crippen molar-refractivity contribution in [2.45, 2.75) is 38.9 Å². The summed E-state index contributed by atoms with van der Waals surface area (Å²) in [5.41, 5.74) is -0.871. The smallest absolute Gasteiger partial charge is 0.191 e. The van der Waals surface area contributed by atoms with E-state index in [9.17, 15) is 5.11 Å². The number of aliphatic imine (C=N–C) groups is 1. The molecule has 0 spiro atoms. The van der Waals surface area contributed by atoms with Crippen molar-refractivity contribution >= 4 is 5.96 Å². The molecule has 0 amide bonds. The van der Waals surface area contributed by atoms with Crippen LogP contribution in [0.2, 0.25) is 0 Å². The van der Waals surface area contributed by atoms with Crippen molar-refractivity contribution in [2.24, 2.45) is 4.99 Å². The molecule has 0 aromatic carbocycles. The van der Waals surface area contributed by atoms with E-state index in [0.29, 0.717) is 32.2 Å². The fourth-order valence-electron chi connectivity index (χ4n) is 2.97. The summed E-state index contributed by atoms with van der Waals surface area (Å²) in [5, 5.41) is 17.3. The first-order valence-electron chi connectivity index (χ1n) is 10.2. The minimum atomic E-state index is -0.871. The van der Waals surface area contributed by atoms with Gasteiger partial charge in [-0.2, -0.15) is 0 Å². The van der Waals surface area contributed by atoms with Gasteiger partial charge in [0.05, 0.1) is 31.5 Å². The van der Waals surface area contributed by atoms with E-state index in [-0.39, 0.29) is 6.10 Å². The van der Waals surface area contributed by atoms with E-state index in [1.807, 2.05) is 20.8 Å². The second kappa shape index (κ2) is 13.3. The largest absolute Gasteiger partial charge is 0.387 e. The molecular formula is C19H41N5O3. The molecule has 27 heavy (non-hydrogen) atoms. The molecule has 0 radical (unpaired) electrons. The zero-order valence-corrected chi connectivity index (χ0v) is 18.0. The van der Waals surface area contributed by atoms with Gasteiger partial charge in [0.2, 0.25) is 0 Å². The maximum Gasteiger partial charge on any atom is 0.191 e. The zero-order chi connectivity index (χ0) is 20.1. The molecule has 8 heteroatoms. The van der Waals surface area contributed by atoms with E-state index in [1.54, 1.807) is 0 Å². The van der Waals surface area contributed by atoms with Gasteiger partial charge >= 0.3 is 0 Å². The predicted octanol–water partition coefficient (Wildman–Crippen LogP) is -0.0185. The second-order valence-electron chi connectivity index (χ2n) is 7.63. The van der Waals surface area contributed by atoms with E-state index < -0.39 is 5.60 Å². The number of rotatable bonds is 12. The average Bonchev–Trinajstić information content (AvgIpc) is 2.62. The van der Waals surface area contributed by atoms with E-state index in [0.717, 1.165) is 45.8 Å². The van der Waals surface area contributed by atoms with Crippen LogP contribution in [0.25, 0.3) is 0 Å². The molecule has 0 aliphatic carbocycles. The number of hydrogen-bond acceptors (Lipinski definition) is 6. The van der Waals surface area contributed by atoms with Crippen molar-refractivity contribution in [1.29, 1.82) is 0 Å². The molecule has 8 nitrogen and oxygen atoms in total. The Hall–Kier alpha value is -0.930. The predicted molar refractivity (Wildman–Crippen MR) is 110 cm³/mol. The molecular weight excluding hydrogens is 346 g/mol. The third-order valence-electron chi connectivity index (χ3n) is 4.39. The molecule has 2 atom stereocenters. The van der Waals surface area contributed by atoms with E-state index in [4.69, 9.17) is 9.47 Å². The molecule has 0 aromatic rings. The number of hydrogen-bond donors (Lipinski definition) is 3. The molecule has 3 N–H and O–H groups in total. The summed E-state index contributed by atoms with van der Waals surface area (Å²) in [6.07, 6.45) is 1.09. The molecule has 160 valence electrons. The van der Waals surface area contributed by atoms with Crippen molar-refractivity contribution in [1.82, 2.24) is 20.4 Å². The Morgan fingerprint density at radius 2 is 2.00 bits per heavy atom. The van der Waals surface area contributed by atoms with E-state index in [2.05, 4.69) is 39.5 Å². The van der Waals surface area contributed by atoms with Gasteiger partial charge in [0, 0.05) is 45.9 Å². The van der Waals surface area contributed by atoms with Crippen molar-refractivity contribution in [3.8, 4) is 0 Å². The lowest BCUT2D eigenvalue weighted by molar-refractivity contribution is -0.0180. The first kappa shape index (κ1) is 24.1. The standard InChI is InChI=1S/C19H41N5O3/c1-6-20-18(21-14-17(27-7-2)8-9-23(4)5)22-15-19(3,25)16-24-10-12-26-13-11-24/h17,25H,6-16H2,1-5H3,(H2,20,21,22). The first-order chi connectivity index (χ1) is 12.9. The molecule has 0 bridgehead atoms. The summed E-state index contributed by atoms with van der Waals surface area (Å²) < 4.78 is 11.2. The van der Waals surface area contributed by atoms with Gasteiger partial charge in [0.1, 0.15) is 0 Å². The number of nitrogens with zero attached hydrogens (tertiary/aromatic N) is 3. The highest BCUT2D eigenvalue weighted by Gasteiger charge is 2.25. The van der Waals surface area contributed by atoms with Crippen LogP contribution in [-0.2, 0) is 9.47 Å². The highest BCUT2D eigenvalue weighted by molar-refractivity contribution is 5.79. The number of aliphatic hydroxyl groups is 1. The molecule has 1 fully saturated rings. The van der Waals surface area contributed by atoms with Crippen LogP contribution in [0, 0.1) is 0 Å². The number of morpholine rings is 1. The van der Waals surface area contributed by atoms with Crippen LogP contribution in [0.3, 0.4) is 0 Å². The SMILES string of the molecule is CCNC(=NCC(C)(O)CN1CCOCC1)NCC(CCN(C)C)OCC. The second-order valence-corrected chi connectivity index (χ2v) is 7.63. The van der Waals surface area contributed by atoms with Crippen molar-refractivity contribution in [2.75, 3.05) is 79.7 Å². The first-order valence-corrected chi connectivity index (χ1v) is 10.2. The van der Waals surface area contributed by atoms with Gasteiger partial charge < -0.3 is 30.1 Å². The maximum atomic E-state index is 10.7. The van der Waals surface area contributed by atoms with Gasteiger partial charge in [-0.1, -0.05) is 0 Å². The summed E-state index contributed by atoms with van der Waals surface area (Å²) in [6.45, 7) is 13.2. The third kappa shape index (κ3) is 11.5. The highest BCUT2D eigenvalue weighted by atomic mass is 16.5. The van der Waals surface area contributed by atoms with Crippen molar-refractivity contribution in [3.63, 3.8) is 0 Å². The van der Waals surface area contributed by atoms with Gasteiger partial charge in [-0.25, -0.2) is 0 Å². The number of β-amino-alcohol motifs (C(OH)–C–C–N with tert-alkyl or cyclic N) is 1. The summed E-state index contributed by atoms with van der Waals surface area (Å²) in [5.74, 6) is 0.717. The molecule has 1 rings (SSSR count). The fraction of sp³-hybridized carbons (Fsp3) is 0.947. The Morgan fingerprint density at radius 1 is 1.30 bits per heavy atom. The van der Waals surface area contributed by atoms with Crippen LogP contribution in [0.5, 0.6) is 0 Å². The molecule has 1 aliphatic heterocycles. The van der Waals surface area contributed by atoms with Crippen LogP contribution in [-0.4, -0.2) is 112 Å². The molecule has 0 saturated carbocycles. The number of nitrogens with one attached hydrogen (secondary N) is 2. The Labute approximate surface area is 165 Å². The third-order valence-corrected chi connectivity index (χ3v) is 4.39. The average molecular weight is 388 g/mol. The molecule has 0 aromatic heterocycles. The maximum absolute atomic E-state index is 10.7. The Balaban J connectivity index is 2.53. The molecule has 1 aliphatic rings. The summed E-state index contributed by atoms with van der Waals surface area (Å²) in [4.78, 5) is 8.99. The van der Waals surface area contributed by atoms with Crippen molar-refractivity contribution in [3.05, 3.63) is 0 Å². The van der Waals surface area contributed by atoms with Crippen LogP contribution >= 0.6 is 0 Å². The topological polar surface area (TPSA) is 81.6 Å². The normalized spacial score (nSPS) is 19.7. The van der Waals surface area contributed by atoms with Gasteiger partial charge in [-0.3, -0.25) is 9.89 Å². The van der Waals surface area contributed by atoms with E-state index in [1.165, 1.54) is 0 Å². The zero-order valence-electron chi connectivity index (χ0n) is 18.0. The quantitative estimate of drug-likeness (QED) is 0.321. The van der Waals surface area contributed by atoms with Gasteiger partial charge in [-0.05, 0) is 41.3 Å². The van der Waals surface area contributed by atoms with Crippen LogP contribution in [0.15, 0.2) is 4.99 Å². The minimum absolute atomic E-state index is 0.134. The molecule has 2 unspecified atom stereocenters. The van der Waals surface area contributed by atoms with Gasteiger partial charge in [0.25, 0.3) is 0 Å². The van der Waals surface area contributed by atoms with Crippen molar-refractivity contribution < 1.29 is 14.6 Å². The monoisotopic (exact) mass is 387 g/mol. The Morgan fingerprint density at radius 3 is 2.59 bits per heavy atom. The number of ether oxygens (including phenoxy) is 2. The van der Waals surface area contributed by atoms with Crippen LogP contribution < -0.4 is 10.6 Å². The Kier molecular flexibility index (Phi) is 11.9. The number of guanidine groups is 1. The van der Waals surface area contributed by atoms with E-state index >= 15 is 0 Å². The lowest BCUT2D eigenvalue weighted by Crippen LogP contribution is -2.48. The van der Waals surface area contributed by atoms with Crippen LogP contribution in [0.1, 0.15) is 27.2 Å². The Bertz CT molecular complexity index is 412. The van der Waals surface area contributed by atoms with Crippen LogP contribution in [0.4, 0.5) is 0 Å². The highest BCUT2D eigenvalue weighted by Crippen LogP contribution is 2.09. The minimum Gasteiger partial charge on any atom is -0.387 e. The summed E-state index contributed by atoms with van der Waals surface area (Å²) in [6, 6.07) is 0. The molecule has 1 heterocycles. The molecule has 1 saturated heterocycles. The lowest BCUT2D eigenvalue weighted by Gasteiger charge is -2.33. The summed E-state index contributed by atoms with van der Waals surface area (Å²) in [7, 11) is 4.14. The van der Waals surface area contributed by atoms with Gasteiger partial charge in [0.15, 0.2) is 5.96 Å². The lowest BCUT2D eigenvalue weighted by atomic mass is 10.1. The van der Waals surface area contributed by atoms with Gasteiger partial charge in [-0.15, -0.1) is 0 Å².